The zero-order valence-electron chi connectivity index (χ0n) is 35.2. The molecule has 0 aliphatic rings. The number of rotatable bonds is 41. The largest absolute Gasteiger partial charge is 0.387 e. The standard InChI is InChI=1S/C46H87NO6S/c1-3-5-7-9-11-13-15-17-19-21-22-23-25-26-28-30-32-34-36-38-40-44(48)43(42-54(51,52)53)47-46(50)45(49)41-39-37-35-33-31-29-27-24-20-18-16-14-12-10-8-6-4-2/h23,25,30,32,38,40,43-45,48-49H,3-22,24,26-29,31,33-37,39,41-42H2,1-2H3,(H,47,50)(H,51,52,53)/b25-23+,32-30+,40-38+. The highest BCUT2D eigenvalue weighted by Gasteiger charge is 2.27. The van der Waals surface area contributed by atoms with E-state index in [2.05, 4.69) is 43.5 Å². The van der Waals surface area contributed by atoms with Gasteiger partial charge in [0.05, 0.1) is 17.9 Å². The molecule has 8 heteroatoms. The Morgan fingerprint density at radius 2 is 0.833 bits per heavy atom. The maximum absolute atomic E-state index is 12.6. The molecule has 0 rings (SSSR count). The van der Waals surface area contributed by atoms with Gasteiger partial charge >= 0.3 is 0 Å². The van der Waals surface area contributed by atoms with E-state index >= 15 is 0 Å². The van der Waals surface area contributed by atoms with Gasteiger partial charge < -0.3 is 15.5 Å². The van der Waals surface area contributed by atoms with Gasteiger partial charge in [-0.25, -0.2) is 0 Å². The van der Waals surface area contributed by atoms with Crippen molar-refractivity contribution in [3.8, 4) is 0 Å². The first kappa shape index (κ1) is 52.5. The van der Waals surface area contributed by atoms with Crippen molar-refractivity contribution in [2.45, 2.75) is 244 Å². The summed E-state index contributed by atoms with van der Waals surface area (Å²) in [5, 5.41) is 23.4. The number of carbonyl (C=O) groups excluding carboxylic acids is 1. The molecule has 0 fully saturated rings. The maximum Gasteiger partial charge on any atom is 0.267 e. The quantitative estimate of drug-likeness (QED) is 0.0278. The number of amides is 1. The van der Waals surface area contributed by atoms with Crippen LogP contribution in [0.25, 0.3) is 0 Å². The number of aliphatic hydroxyl groups excluding tert-OH is 2. The lowest BCUT2D eigenvalue weighted by atomic mass is 10.0. The molecule has 0 saturated heterocycles. The van der Waals surface area contributed by atoms with Gasteiger partial charge in [0, 0.05) is 0 Å². The third kappa shape index (κ3) is 38.8. The fourth-order valence-corrected chi connectivity index (χ4v) is 7.64. The van der Waals surface area contributed by atoms with Crippen LogP contribution in [-0.4, -0.2) is 53.1 Å². The molecular weight excluding hydrogens is 695 g/mol. The number of unbranched alkanes of at least 4 members (excludes halogenated alkanes) is 28. The van der Waals surface area contributed by atoms with Crippen LogP contribution in [-0.2, 0) is 14.9 Å². The van der Waals surface area contributed by atoms with E-state index < -0.39 is 40.0 Å². The molecule has 3 unspecified atom stereocenters. The Labute approximate surface area is 334 Å². The molecule has 0 saturated carbocycles. The molecule has 0 aromatic heterocycles. The van der Waals surface area contributed by atoms with E-state index in [1.807, 2.05) is 0 Å². The normalized spacial score (nSPS) is 14.1. The SMILES string of the molecule is CCCCCCCCCCCC/C=C/CC/C=C/CC/C=C/C(O)C(CS(=O)(=O)O)NC(=O)C(O)CCCCCCCCCCCCCCCCCCC. The van der Waals surface area contributed by atoms with Gasteiger partial charge in [-0.15, -0.1) is 0 Å². The van der Waals surface area contributed by atoms with Crippen molar-refractivity contribution in [1.82, 2.24) is 5.32 Å². The van der Waals surface area contributed by atoms with Crippen LogP contribution >= 0.6 is 0 Å². The summed E-state index contributed by atoms with van der Waals surface area (Å²) in [6.07, 6.45) is 49.2. The summed E-state index contributed by atoms with van der Waals surface area (Å²) in [5.74, 6) is -1.56. The second-order valence-electron chi connectivity index (χ2n) is 15.8. The molecule has 0 aliphatic heterocycles. The Bertz CT molecular complexity index is 1010. The van der Waals surface area contributed by atoms with Crippen molar-refractivity contribution in [3.63, 3.8) is 0 Å². The van der Waals surface area contributed by atoms with Gasteiger partial charge in [-0.3, -0.25) is 9.35 Å². The summed E-state index contributed by atoms with van der Waals surface area (Å²) in [6.45, 7) is 4.53. The van der Waals surface area contributed by atoms with E-state index in [0.717, 1.165) is 44.9 Å². The fourth-order valence-electron chi connectivity index (χ4n) is 6.90. The molecule has 0 aromatic carbocycles. The van der Waals surface area contributed by atoms with Crippen LogP contribution in [0, 0.1) is 0 Å². The van der Waals surface area contributed by atoms with Crippen molar-refractivity contribution in [1.29, 1.82) is 0 Å². The number of carbonyl (C=O) groups is 1. The summed E-state index contributed by atoms with van der Waals surface area (Å²) in [6, 6.07) is -1.25. The molecule has 54 heavy (non-hydrogen) atoms. The van der Waals surface area contributed by atoms with Crippen molar-refractivity contribution < 1.29 is 28.0 Å². The van der Waals surface area contributed by atoms with Gasteiger partial charge in [0.25, 0.3) is 10.1 Å². The lowest BCUT2D eigenvalue weighted by Gasteiger charge is -2.22. The highest BCUT2D eigenvalue weighted by molar-refractivity contribution is 7.85. The molecular formula is C46H87NO6S. The first-order valence-electron chi connectivity index (χ1n) is 22.8. The van der Waals surface area contributed by atoms with Crippen LogP contribution in [0.15, 0.2) is 36.5 Å². The molecule has 0 bridgehead atoms. The fraction of sp³-hybridized carbons (Fsp3) is 0.848. The molecule has 0 aliphatic carbocycles. The molecule has 4 N–H and O–H groups in total. The number of hydrogen-bond donors (Lipinski definition) is 4. The molecule has 3 atom stereocenters. The number of allylic oxidation sites excluding steroid dienone is 5. The summed E-state index contributed by atoms with van der Waals surface area (Å²) < 4.78 is 32.6. The Kier molecular flexibility index (Phi) is 38.7. The topological polar surface area (TPSA) is 124 Å². The minimum absolute atomic E-state index is 0.274. The van der Waals surface area contributed by atoms with Crippen LogP contribution in [0.3, 0.4) is 0 Å². The van der Waals surface area contributed by atoms with Gasteiger partial charge in [-0.05, 0) is 44.9 Å². The molecule has 7 nitrogen and oxygen atoms in total. The highest BCUT2D eigenvalue weighted by atomic mass is 32.2. The number of aliphatic hydroxyl groups is 2. The van der Waals surface area contributed by atoms with Crippen LogP contribution < -0.4 is 5.32 Å². The van der Waals surface area contributed by atoms with Gasteiger partial charge in [-0.1, -0.05) is 217 Å². The van der Waals surface area contributed by atoms with E-state index in [-0.39, 0.29) is 6.42 Å². The van der Waals surface area contributed by atoms with E-state index in [9.17, 15) is 28.0 Å². The van der Waals surface area contributed by atoms with Gasteiger partial charge in [-0.2, -0.15) is 8.42 Å². The lowest BCUT2D eigenvalue weighted by molar-refractivity contribution is -0.130. The number of hydrogen-bond acceptors (Lipinski definition) is 5. The zero-order valence-corrected chi connectivity index (χ0v) is 36.0. The predicted molar refractivity (Wildman–Crippen MR) is 231 cm³/mol. The van der Waals surface area contributed by atoms with Crippen molar-refractivity contribution in [3.05, 3.63) is 36.5 Å². The van der Waals surface area contributed by atoms with Crippen LogP contribution in [0.4, 0.5) is 0 Å². The number of nitrogens with one attached hydrogen (secondary N) is 1. The monoisotopic (exact) mass is 782 g/mol. The predicted octanol–water partition coefficient (Wildman–Crippen LogP) is 12.7. The van der Waals surface area contributed by atoms with Gasteiger partial charge in [0.2, 0.25) is 5.91 Å². The molecule has 0 aromatic rings. The highest BCUT2D eigenvalue weighted by Crippen LogP contribution is 2.16. The van der Waals surface area contributed by atoms with Crippen molar-refractivity contribution in [2.24, 2.45) is 0 Å². The van der Waals surface area contributed by atoms with E-state index in [4.69, 9.17) is 0 Å². The summed E-state index contributed by atoms with van der Waals surface area (Å²) in [7, 11) is -4.46. The van der Waals surface area contributed by atoms with Crippen LogP contribution in [0.2, 0.25) is 0 Å². The third-order valence-corrected chi connectivity index (χ3v) is 11.2. The first-order chi connectivity index (χ1) is 26.2. The van der Waals surface area contributed by atoms with Crippen molar-refractivity contribution >= 4 is 16.0 Å². The smallest absolute Gasteiger partial charge is 0.267 e. The summed E-state index contributed by atoms with van der Waals surface area (Å²) in [4.78, 5) is 12.6. The lowest BCUT2D eigenvalue weighted by Crippen LogP contribution is -2.50. The Morgan fingerprint density at radius 1 is 0.500 bits per heavy atom. The molecule has 0 spiro atoms. The second kappa shape index (κ2) is 39.7. The summed E-state index contributed by atoms with van der Waals surface area (Å²) >= 11 is 0. The minimum Gasteiger partial charge on any atom is -0.387 e. The minimum atomic E-state index is -4.46. The molecule has 0 radical (unpaired) electrons. The van der Waals surface area contributed by atoms with Gasteiger partial charge in [0.1, 0.15) is 6.10 Å². The van der Waals surface area contributed by atoms with Gasteiger partial charge in [0.15, 0.2) is 0 Å². The Balaban J connectivity index is 4.04. The van der Waals surface area contributed by atoms with Crippen LogP contribution in [0.1, 0.15) is 226 Å². The van der Waals surface area contributed by atoms with E-state index in [0.29, 0.717) is 12.8 Å². The van der Waals surface area contributed by atoms with Crippen molar-refractivity contribution in [2.75, 3.05) is 5.75 Å². The first-order valence-corrected chi connectivity index (χ1v) is 24.4. The van der Waals surface area contributed by atoms with Crippen LogP contribution in [0.5, 0.6) is 0 Å². The molecule has 318 valence electrons. The zero-order chi connectivity index (χ0) is 39.8. The Hall–Kier alpha value is -1.48. The molecule has 1 amide bonds. The second-order valence-corrected chi connectivity index (χ2v) is 17.3. The third-order valence-electron chi connectivity index (χ3n) is 10.4. The Morgan fingerprint density at radius 3 is 1.22 bits per heavy atom. The van der Waals surface area contributed by atoms with E-state index in [1.165, 1.54) is 154 Å². The average molecular weight is 782 g/mol. The average Bonchev–Trinajstić information content (AvgIpc) is 3.14. The maximum atomic E-state index is 12.6. The summed E-state index contributed by atoms with van der Waals surface area (Å²) in [5.41, 5.74) is 0. The van der Waals surface area contributed by atoms with E-state index in [1.54, 1.807) is 6.08 Å². The molecule has 0 heterocycles.